The number of carbonyl (C=O) groups is 4. The highest BCUT2D eigenvalue weighted by Gasteiger charge is 2.39. The van der Waals surface area contributed by atoms with Gasteiger partial charge in [-0.15, -0.1) is 0 Å². The number of benzene rings is 1. The van der Waals surface area contributed by atoms with Crippen molar-refractivity contribution in [1.29, 1.82) is 0 Å². The molecular weight excluding hydrogens is 502 g/mol. The van der Waals surface area contributed by atoms with Crippen LogP contribution in [0.1, 0.15) is 37.9 Å². The number of para-hydroxylation sites is 1. The summed E-state index contributed by atoms with van der Waals surface area (Å²) in [6.07, 6.45) is 6.22. The van der Waals surface area contributed by atoms with Gasteiger partial charge in [-0.2, -0.15) is 0 Å². The number of carboxylic acid groups (broad SMARTS) is 1. The van der Waals surface area contributed by atoms with Crippen LogP contribution >= 0.6 is 0 Å². The Morgan fingerprint density at radius 3 is 2.62 bits per heavy atom. The summed E-state index contributed by atoms with van der Waals surface area (Å²) in [6, 6.07) is 3.89. The molecule has 3 amide bonds. The van der Waals surface area contributed by atoms with E-state index in [4.69, 9.17) is 5.73 Å². The summed E-state index contributed by atoms with van der Waals surface area (Å²) in [4.78, 5) is 63.1. The van der Waals surface area contributed by atoms with Crippen LogP contribution in [0, 0.1) is 5.92 Å². The third-order valence-electron chi connectivity index (χ3n) is 7.11. The molecular formula is C27H35N7O5. The van der Waals surface area contributed by atoms with Crippen LogP contribution in [-0.2, 0) is 32.0 Å². The minimum Gasteiger partial charge on any atom is -0.480 e. The van der Waals surface area contributed by atoms with Gasteiger partial charge < -0.3 is 36.3 Å². The van der Waals surface area contributed by atoms with Crippen molar-refractivity contribution in [2.75, 3.05) is 6.54 Å². The molecule has 1 aliphatic heterocycles. The van der Waals surface area contributed by atoms with Crippen LogP contribution in [0.4, 0.5) is 0 Å². The monoisotopic (exact) mass is 537 g/mol. The number of hydrogen-bond donors (Lipinski definition) is 6. The first-order valence-electron chi connectivity index (χ1n) is 13.1. The van der Waals surface area contributed by atoms with Gasteiger partial charge in [0.2, 0.25) is 17.7 Å². The fourth-order valence-corrected chi connectivity index (χ4v) is 4.99. The second kappa shape index (κ2) is 12.1. The summed E-state index contributed by atoms with van der Waals surface area (Å²) in [7, 11) is 0. The molecule has 12 heteroatoms. The molecule has 2 aromatic heterocycles. The summed E-state index contributed by atoms with van der Waals surface area (Å²) in [6.45, 7) is 3.71. The summed E-state index contributed by atoms with van der Waals surface area (Å²) in [5.74, 6) is -2.93. The minimum atomic E-state index is -1.14. The average Bonchev–Trinajstić information content (AvgIpc) is 3.67. The largest absolute Gasteiger partial charge is 0.480 e. The standard InChI is InChI=1S/C27H35N7O5/c1-15(2)23(27(38)39)33-25(36)22-8-5-9-34(22)26(37)21(11-17-13-29-14-31-17)32-24(35)19(28)10-16-12-30-20-7-4-3-6-18(16)20/h3-4,6-7,12-15,19,21-23,30H,5,8-11,28H2,1-2H3,(H,29,31)(H,32,35)(H,33,36)(H,38,39). The Labute approximate surface area is 225 Å². The molecule has 7 N–H and O–H groups in total. The molecule has 0 aliphatic carbocycles. The molecule has 1 aliphatic rings. The lowest BCUT2D eigenvalue weighted by Gasteiger charge is -2.30. The minimum absolute atomic E-state index is 0.124. The molecule has 3 heterocycles. The molecule has 4 unspecified atom stereocenters. The topological polar surface area (TPSA) is 186 Å². The molecule has 4 rings (SSSR count). The Morgan fingerprint density at radius 1 is 1.15 bits per heavy atom. The van der Waals surface area contributed by atoms with Crippen LogP contribution in [0.2, 0.25) is 0 Å². The number of nitrogens with one attached hydrogen (secondary N) is 4. The lowest BCUT2D eigenvalue weighted by molar-refractivity contribution is -0.145. The number of hydrogen-bond acceptors (Lipinski definition) is 6. The van der Waals surface area contributed by atoms with Gasteiger partial charge in [-0.1, -0.05) is 32.0 Å². The highest BCUT2D eigenvalue weighted by molar-refractivity contribution is 5.95. The molecule has 0 bridgehead atoms. The van der Waals surface area contributed by atoms with Crippen LogP contribution in [0.15, 0.2) is 43.0 Å². The molecule has 0 radical (unpaired) electrons. The van der Waals surface area contributed by atoms with Gasteiger partial charge in [-0.3, -0.25) is 14.4 Å². The van der Waals surface area contributed by atoms with Crippen LogP contribution < -0.4 is 16.4 Å². The first kappa shape index (κ1) is 27.8. The van der Waals surface area contributed by atoms with Crippen molar-refractivity contribution in [3.63, 3.8) is 0 Å². The molecule has 12 nitrogen and oxygen atoms in total. The number of carbonyl (C=O) groups excluding carboxylic acids is 3. The van der Waals surface area contributed by atoms with E-state index >= 15 is 0 Å². The van der Waals surface area contributed by atoms with Crippen molar-refractivity contribution in [3.8, 4) is 0 Å². The SMILES string of the molecule is CC(C)C(NC(=O)C1CCCN1C(=O)C(Cc1cnc[nH]1)NC(=O)C(N)Cc1c[nH]c2ccccc12)C(=O)O. The van der Waals surface area contributed by atoms with Gasteiger partial charge in [0.25, 0.3) is 0 Å². The van der Waals surface area contributed by atoms with Crippen molar-refractivity contribution in [2.45, 2.75) is 63.7 Å². The highest BCUT2D eigenvalue weighted by Crippen LogP contribution is 2.21. The van der Waals surface area contributed by atoms with Gasteiger partial charge in [-0.05, 0) is 36.8 Å². The zero-order valence-corrected chi connectivity index (χ0v) is 22.0. The molecule has 3 aromatic rings. The maximum absolute atomic E-state index is 13.7. The number of carboxylic acids is 1. The fourth-order valence-electron chi connectivity index (χ4n) is 4.99. The van der Waals surface area contributed by atoms with Crippen molar-refractivity contribution < 1.29 is 24.3 Å². The predicted molar refractivity (Wildman–Crippen MR) is 143 cm³/mol. The number of fused-ring (bicyclic) bond motifs is 1. The number of likely N-dealkylation sites (tertiary alicyclic amines) is 1. The third kappa shape index (κ3) is 6.45. The van der Waals surface area contributed by atoms with E-state index in [9.17, 15) is 24.3 Å². The summed E-state index contributed by atoms with van der Waals surface area (Å²) in [5, 5.41) is 15.8. The Hall–Kier alpha value is -4.19. The number of aromatic nitrogens is 3. The fraction of sp³-hybridized carbons (Fsp3) is 0.444. The zero-order chi connectivity index (χ0) is 28.1. The smallest absolute Gasteiger partial charge is 0.326 e. The average molecular weight is 538 g/mol. The van der Waals surface area contributed by atoms with E-state index in [1.165, 1.54) is 11.2 Å². The molecule has 4 atom stereocenters. The number of imidazole rings is 1. The Kier molecular flexibility index (Phi) is 8.65. The number of H-pyrrole nitrogens is 2. The number of aromatic amines is 2. The van der Waals surface area contributed by atoms with Gasteiger partial charge in [0.15, 0.2) is 0 Å². The maximum atomic E-state index is 13.7. The van der Waals surface area contributed by atoms with Crippen LogP contribution in [-0.4, -0.2) is 79.4 Å². The van der Waals surface area contributed by atoms with E-state index in [0.29, 0.717) is 25.1 Å². The molecule has 0 spiro atoms. The van der Waals surface area contributed by atoms with Crippen molar-refractivity contribution in [3.05, 3.63) is 54.2 Å². The van der Waals surface area contributed by atoms with Gasteiger partial charge in [0.05, 0.1) is 12.4 Å². The first-order valence-corrected chi connectivity index (χ1v) is 13.1. The van der Waals surface area contributed by atoms with E-state index in [1.807, 2.05) is 30.5 Å². The third-order valence-corrected chi connectivity index (χ3v) is 7.11. The van der Waals surface area contributed by atoms with E-state index < -0.39 is 47.9 Å². The van der Waals surface area contributed by atoms with Gasteiger partial charge in [0, 0.05) is 42.0 Å². The molecule has 1 fully saturated rings. The lowest BCUT2D eigenvalue weighted by Crippen LogP contribution is -2.58. The van der Waals surface area contributed by atoms with E-state index in [1.54, 1.807) is 20.0 Å². The number of rotatable bonds is 11. The number of nitrogens with two attached hydrogens (primary N) is 1. The van der Waals surface area contributed by atoms with E-state index in [0.717, 1.165) is 16.5 Å². The van der Waals surface area contributed by atoms with E-state index in [2.05, 4.69) is 25.6 Å². The molecule has 208 valence electrons. The summed E-state index contributed by atoms with van der Waals surface area (Å²) < 4.78 is 0. The summed E-state index contributed by atoms with van der Waals surface area (Å²) in [5.41, 5.74) is 8.73. The number of nitrogens with zero attached hydrogens (tertiary/aromatic N) is 2. The van der Waals surface area contributed by atoms with Crippen molar-refractivity contribution in [2.24, 2.45) is 11.7 Å². The van der Waals surface area contributed by atoms with Crippen LogP contribution in [0.25, 0.3) is 10.9 Å². The second-order valence-corrected chi connectivity index (χ2v) is 10.3. The van der Waals surface area contributed by atoms with Gasteiger partial charge in [-0.25, -0.2) is 9.78 Å². The predicted octanol–water partition coefficient (Wildman–Crippen LogP) is 0.705. The Morgan fingerprint density at radius 2 is 1.92 bits per heavy atom. The molecule has 0 saturated carbocycles. The van der Waals surface area contributed by atoms with Gasteiger partial charge in [0.1, 0.15) is 18.1 Å². The second-order valence-electron chi connectivity index (χ2n) is 10.3. The molecule has 39 heavy (non-hydrogen) atoms. The molecule has 1 aromatic carbocycles. The van der Waals surface area contributed by atoms with Crippen LogP contribution in [0.5, 0.6) is 0 Å². The zero-order valence-electron chi connectivity index (χ0n) is 22.0. The Balaban J connectivity index is 1.48. The maximum Gasteiger partial charge on any atom is 0.326 e. The van der Waals surface area contributed by atoms with E-state index in [-0.39, 0.29) is 18.8 Å². The normalized spacial score (nSPS) is 17.6. The van der Waals surface area contributed by atoms with Crippen molar-refractivity contribution >= 4 is 34.6 Å². The number of aliphatic carboxylic acids is 1. The van der Waals surface area contributed by atoms with Gasteiger partial charge >= 0.3 is 5.97 Å². The lowest BCUT2D eigenvalue weighted by atomic mass is 10.0. The summed E-state index contributed by atoms with van der Waals surface area (Å²) >= 11 is 0. The molecule has 1 saturated heterocycles. The van der Waals surface area contributed by atoms with Crippen molar-refractivity contribution in [1.82, 2.24) is 30.5 Å². The quantitative estimate of drug-likeness (QED) is 0.208. The Bertz CT molecular complexity index is 1320. The number of amides is 3. The first-order chi connectivity index (χ1) is 18.7. The highest BCUT2D eigenvalue weighted by atomic mass is 16.4. The van der Waals surface area contributed by atoms with Crippen LogP contribution in [0.3, 0.4) is 0 Å².